The number of hydrogen-bond donors (Lipinski definition) is 1. The highest BCUT2D eigenvalue weighted by Crippen LogP contribution is 2.18. The SMILES string of the molecule is Cc1[nH]n(-c2ccc(Br)cc2)c(=O)c1C=c1c(C)c(C#N)c2nc3ccccc3n2c1=O. The number of fused-ring (bicyclic) bond motifs is 3. The molecule has 0 saturated carbocycles. The summed E-state index contributed by atoms with van der Waals surface area (Å²) in [6.45, 7) is 3.49. The van der Waals surface area contributed by atoms with Gasteiger partial charge in [-0.05, 0) is 61.9 Å². The van der Waals surface area contributed by atoms with Gasteiger partial charge in [-0.15, -0.1) is 0 Å². The van der Waals surface area contributed by atoms with Crippen LogP contribution in [-0.4, -0.2) is 19.2 Å². The topological polar surface area (TPSA) is 95.9 Å². The van der Waals surface area contributed by atoms with Crippen LogP contribution in [0.5, 0.6) is 0 Å². The Kier molecular flexibility index (Phi) is 4.57. The fourth-order valence-electron chi connectivity index (χ4n) is 3.93. The summed E-state index contributed by atoms with van der Waals surface area (Å²) in [7, 11) is 0. The fourth-order valence-corrected chi connectivity index (χ4v) is 4.20. The number of rotatable bonds is 2. The first-order valence-electron chi connectivity index (χ1n) is 9.84. The number of aryl methyl sites for hydroxylation is 1. The smallest absolute Gasteiger partial charge is 0.278 e. The molecule has 8 heteroatoms. The molecule has 2 aromatic carbocycles. The Bertz CT molecular complexity index is 1750. The molecule has 32 heavy (non-hydrogen) atoms. The van der Waals surface area contributed by atoms with E-state index in [1.807, 2.05) is 36.4 Å². The lowest BCUT2D eigenvalue weighted by atomic mass is 10.1. The second-order valence-electron chi connectivity index (χ2n) is 7.50. The minimum absolute atomic E-state index is 0.280. The Hall–Kier alpha value is -3.96. The Morgan fingerprint density at radius 1 is 1.06 bits per heavy atom. The maximum atomic E-state index is 13.5. The summed E-state index contributed by atoms with van der Waals surface area (Å²) in [5.74, 6) is 0. The number of H-pyrrole nitrogens is 1. The number of nitrogens with one attached hydrogen (secondary N) is 1. The van der Waals surface area contributed by atoms with Gasteiger partial charge in [0.1, 0.15) is 6.07 Å². The molecule has 0 atom stereocenters. The van der Waals surface area contributed by atoms with E-state index in [1.54, 1.807) is 32.1 Å². The molecule has 5 aromatic rings. The van der Waals surface area contributed by atoms with Gasteiger partial charge in [0.2, 0.25) is 0 Å². The number of para-hydroxylation sites is 2. The molecule has 7 nitrogen and oxygen atoms in total. The van der Waals surface area contributed by atoms with Crippen molar-refractivity contribution in [1.82, 2.24) is 19.2 Å². The first-order chi connectivity index (χ1) is 15.4. The maximum Gasteiger partial charge on any atom is 0.278 e. The quantitative estimate of drug-likeness (QED) is 0.415. The predicted octanol–water partition coefficient (Wildman–Crippen LogP) is 3.13. The lowest BCUT2D eigenvalue weighted by Gasteiger charge is -2.02. The van der Waals surface area contributed by atoms with Crippen LogP contribution in [-0.2, 0) is 0 Å². The van der Waals surface area contributed by atoms with E-state index in [0.717, 1.165) is 4.47 Å². The normalized spacial score (nSPS) is 12.0. The van der Waals surface area contributed by atoms with Crippen molar-refractivity contribution < 1.29 is 0 Å². The predicted molar refractivity (Wildman–Crippen MR) is 126 cm³/mol. The molecule has 0 unspecified atom stereocenters. The van der Waals surface area contributed by atoms with Crippen LogP contribution in [0.2, 0.25) is 0 Å². The summed E-state index contributed by atoms with van der Waals surface area (Å²) in [5, 5.41) is 13.2. The second-order valence-corrected chi connectivity index (χ2v) is 8.42. The summed E-state index contributed by atoms with van der Waals surface area (Å²) < 4.78 is 3.78. The Labute approximate surface area is 190 Å². The average molecular weight is 486 g/mol. The molecule has 0 saturated heterocycles. The number of benzene rings is 2. The van der Waals surface area contributed by atoms with Crippen molar-refractivity contribution in [3.05, 3.63) is 101 Å². The van der Waals surface area contributed by atoms with Crippen LogP contribution >= 0.6 is 15.9 Å². The highest BCUT2D eigenvalue weighted by molar-refractivity contribution is 9.10. The van der Waals surface area contributed by atoms with Crippen LogP contribution in [0, 0.1) is 25.2 Å². The first kappa shape index (κ1) is 20.0. The molecule has 5 rings (SSSR count). The molecular formula is C24H16BrN5O2. The van der Waals surface area contributed by atoms with Crippen molar-refractivity contribution in [3.8, 4) is 11.8 Å². The van der Waals surface area contributed by atoms with E-state index in [2.05, 4.69) is 32.1 Å². The van der Waals surface area contributed by atoms with Crippen LogP contribution in [0.15, 0.2) is 62.6 Å². The molecule has 0 fully saturated rings. The highest BCUT2D eigenvalue weighted by Gasteiger charge is 2.17. The van der Waals surface area contributed by atoms with Gasteiger partial charge in [0.15, 0.2) is 5.65 Å². The van der Waals surface area contributed by atoms with Gasteiger partial charge in [0, 0.05) is 15.4 Å². The molecule has 156 valence electrons. The molecule has 0 aliphatic rings. The minimum atomic E-state index is -0.319. The number of hydrogen-bond acceptors (Lipinski definition) is 4. The van der Waals surface area contributed by atoms with Gasteiger partial charge in [0.05, 0.1) is 27.8 Å². The number of imidazole rings is 1. The van der Waals surface area contributed by atoms with Crippen molar-refractivity contribution in [3.63, 3.8) is 0 Å². The van der Waals surface area contributed by atoms with Crippen molar-refractivity contribution in [2.45, 2.75) is 13.8 Å². The van der Waals surface area contributed by atoms with Gasteiger partial charge in [-0.1, -0.05) is 28.1 Å². The molecule has 1 N–H and O–H groups in total. The van der Waals surface area contributed by atoms with Gasteiger partial charge in [-0.2, -0.15) is 5.26 Å². The molecule has 0 radical (unpaired) electrons. The van der Waals surface area contributed by atoms with Crippen LogP contribution in [0.4, 0.5) is 0 Å². The van der Waals surface area contributed by atoms with Crippen LogP contribution in [0.1, 0.15) is 22.4 Å². The standard InChI is InChI=1S/C24H16BrN5O2/c1-13-17(11-18-14(2)28-30(24(18)32)16-9-7-15(25)8-10-16)23(31)29-21-6-4-3-5-20(21)27-22(29)19(13)12-26/h3-11,28H,1-2H3. The lowest BCUT2D eigenvalue weighted by Crippen LogP contribution is -2.34. The minimum Gasteiger partial charge on any atom is -0.295 e. The van der Waals surface area contributed by atoms with Crippen molar-refractivity contribution in [2.24, 2.45) is 0 Å². The largest absolute Gasteiger partial charge is 0.295 e. The van der Waals surface area contributed by atoms with E-state index in [1.165, 1.54) is 9.08 Å². The molecule has 3 heterocycles. The molecular weight excluding hydrogens is 470 g/mol. The van der Waals surface area contributed by atoms with E-state index < -0.39 is 0 Å². The van der Waals surface area contributed by atoms with Gasteiger partial charge < -0.3 is 0 Å². The van der Waals surface area contributed by atoms with Crippen LogP contribution in [0.25, 0.3) is 28.4 Å². The summed E-state index contributed by atoms with van der Waals surface area (Å²) in [6.07, 6.45) is 1.57. The van der Waals surface area contributed by atoms with Gasteiger partial charge in [-0.3, -0.25) is 19.1 Å². The monoisotopic (exact) mass is 485 g/mol. The van der Waals surface area contributed by atoms with Crippen molar-refractivity contribution >= 4 is 38.7 Å². The molecule has 3 aromatic heterocycles. The third-order valence-electron chi connectivity index (χ3n) is 5.60. The number of halogens is 1. The third-order valence-corrected chi connectivity index (χ3v) is 6.13. The Balaban J connectivity index is 1.85. The fraction of sp³-hybridized carbons (Fsp3) is 0.0833. The maximum absolute atomic E-state index is 13.5. The second kappa shape index (κ2) is 7.32. The van der Waals surface area contributed by atoms with Crippen molar-refractivity contribution in [1.29, 1.82) is 5.26 Å². The summed E-state index contributed by atoms with van der Waals surface area (Å²) in [4.78, 5) is 31.2. The number of nitriles is 1. The number of pyridine rings is 1. The summed E-state index contributed by atoms with van der Waals surface area (Å²) >= 11 is 3.39. The zero-order chi connectivity index (χ0) is 22.6. The number of nitrogens with zero attached hydrogens (tertiary/aromatic N) is 4. The summed E-state index contributed by atoms with van der Waals surface area (Å²) in [5.41, 5.74) is 3.44. The van der Waals surface area contributed by atoms with E-state index in [-0.39, 0.29) is 11.1 Å². The molecule has 0 bridgehead atoms. The Morgan fingerprint density at radius 3 is 2.50 bits per heavy atom. The van der Waals surface area contributed by atoms with Gasteiger partial charge in [0.25, 0.3) is 11.1 Å². The molecule has 0 aliphatic carbocycles. The number of aromatic amines is 1. The van der Waals surface area contributed by atoms with E-state index >= 15 is 0 Å². The highest BCUT2D eigenvalue weighted by atomic mass is 79.9. The van der Waals surface area contributed by atoms with Gasteiger partial charge in [-0.25, -0.2) is 9.67 Å². The third kappa shape index (κ3) is 2.90. The summed E-state index contributed by atoms with van der Waals surface area (Å²) in [6, 6.07) is 16.7. The lowest BCUT2D eigenvalue weighted by molar-refractivity contribution is 0.835. The molecule has 0 spiro atoms. The van der Waals surface area contributed by atoms with E-state index in [4.69, 9.17) is 0 Å². The zero-order valence-corrected chi connectivity index (χ0v) is 18.8. The molecule has 0 aliphatic heterocycles. The Morgan fingerprint density at radius 2 is 1.78 bits per heavy atom. The van der Waals surface area contributed by atoms with Gasteiger partial charge >= 0.3 is 0 Å². The van der Waals surface area contributed by atoms with E-state index in [0.29, 0.717) is 50.0 Å². The van der Waals surface area contributed by atoms with Crippen LogP contribution in [0.3, 0.4) is 0 Å². The molecule has 0 amide bonds. The van der Waals surface area contributed by atoms with Crippen LogP contribution < -0.4 is 16.3 Å². The van der Waals surface area contributed by atoms with Crippen molar-refractivity contribution in [2.75, 3.05) is 0 Å². The average Bonchev–Trinajstić information content (AvgIpc) is 3.30. The first-order valence-corrected chi connectivity index (χ1v) is 10.6. The van der Waals surface area contributed by atoms with E-state index in [9.17, 15) is 14.9 Å². The number of aromatic nitrogens is 4. The zero-order valence-electron chi connectivity index (χ0n) is 17.2.